The Bertz CT molecular complexity index is 290. The highest BCUT2D eigenvalue weighted by Gasteiger charge is 2.24. The van der Waals surface area contributed by atoms with E-state index in [9.17, 15) is 4.79 Å². The Hall–Kier alpha value is -0.320. The molecular formula is C15H31ClN2O2. The van der Waals surface area contributed by atoms with Gasteiger partial charge in [0, 0.05) is 6.04 Å². The molecule has 0 aromatic rings. The van der Waals surface area contributed by atoms with Crippen molar-refractivity contribution in [3.05, 3.63) is 0 Å². The van der Waals surface area contributed by atoms with Crippen molar-refractivity contribution in [3.63, 3.8) is 0 Å². The molecule has 0 radical (unpaired) electrons. The van der Waals surface area contributed by atoms with E-state index in [1.807, 2.05) is 11.9 Å². The van der Waals surface area contributed by atoms with Crippen molar-refractivity contribution in [3.8, 4) is 0 Å². The predicted octanol–water partition coefficient (Wildman–Crippen LogP) is 2.72. The summed E-state index contributed by atoms with van der Waals surface area (Å²) in [5, 5.41) is 8.82. The lowest BCUT2D eigenvalue weighted by atomic mass is 9.86. The zero-order valence-corrected chi connectivity index (χ0v) is 14.2. The van der Waals surface area contributed by atoms with Crippen LogP contribution < -0.4 is 0 Å². The van der Waals surface area contributed by atoms with Gasteiger partial charge in [0.1, 0.15) is 0 Å². The van der Waals surface area contributed by atoms with E-state index in [-0.39, 0.29) is 19.0 Å². The smallest absolute Gasteiger partial charge is 0.317 e. The van der Waals surface area contributed by atoms with Crippen molar-refractivity contribution in [1.82, 2.24) is 9.80 Å². The molecule has 4 nitrogen and oxygen atoms in total. The molecular weight excluding hydrogens is 276 g/mol. The number of carbonyl (C=O) groups is 1. The van der Waals surface area contributed by atoms with Gasteiger partial charge in [0.2, 0.25) is 0 Å². The van der Waals surface area contributed by atoms with Crippen LogP contribution in [-0.4, -0.2) is 60.1 Å². The maximum absolute atomic E-state index is 10.7. The number of likely N-dealkylation sites (N-methyl/N-ethyl adjacent to an activating group) is 1. The van der Waals surface area contributed by atoms with E-state index in [0.717, 1.165) is 25.9 Å². The second kappa shape index (κ2) is 8.85. The molecule has 120 valence electrons. The molecule has 1 saturated heterocycles. The number of hydrogen-bond acceptors (Lipinski definition) is 3. The van der Waals surface area contributed by atoms with Crippen molar-refractivity contribution in [2.75, 3.05) is 33.2 Å². The largest absolute Gasteiger partial charge is 0.480 e. The molecule has 0 saturated carbocycles. The van der Waals surface area contributed by atoms with E-state index >= 15 is 0 Å². The molecule has 0 amide bonds. The number of rotatable bonds is 7. The van der Waals surface area contributed by atoms with Gasteiger partial charge >= 0.3 is 5.97 Å². The normalized spacial score (nSPS) is 18.1. The summed E-state index contributed by atoms with van der Waals surface area (Å²) in [7, 11) is 1.93. The molecule has 1 N–H and O–H groups in total. The second-order valence-electron chi connectivity index (χ2n) is 6.65. The molecule has 0 atom stereocenters. The summed E-state index contributed by atoms with van der Waals surface area (Å²) in [5.41, 5.74) is 0.441. The molecule has 1 aliphatic rings. The van der Waals surface area contributed by atoms with Crippen molar-refractivity contribution in [2.24, 2.45) is 5.41 Å². The molecule has 1 fully saturated rings. The SMILES string of the molecule is CCC(C)(C)CCN1CCC(N(C)CC(=O)O)CC1.Cl. The summed E-state index contributed by atoms with van der Waals surface area (Å²) in [6, 6.07) is 0.437. The highest BCUT2D eigenvalue weighted by molar-refractivity contribution is 5.85. The van der Waals surface area contributed by atoms with E-state index in [1.165, 1.54) is 19.4 Å². The molecule has 1 heterocycles. The molecule has 0 aromatic carbocycles. The minimum atomic E-state index is -0.727. The van der Waals surface area contributed by atoms with Crippen LogP contribution in [0, 0.1) is 5.41 Å². The Morgan fingerprint density at radius 3 is 2.35 bits per heavy atom. The Morgan fingerprint density at radius 1 is 1.35 bits per heavy atom. The van der Waals surface area contributed by atoms with Gasteiger partial charge in [0.25, 0.3) is 0 Å². The first-order valence-corrected chi connectivity index (χ1v) is 7.48. The first-order valence-electron chi connectivity index (χ1n) is 7.48. The van der Waals surface area contributed by atoms with Crippen molar-refractivity contribution in [1.29, 1.82) is 0 Å². The van der Waals surface area contributed by atoms with E-state index in [1.54, 1.807) is 0 Å². The number of nitrogens with zero attached hydrogens (tertiary/aromatic N) is 2. The lowest BCUT2D eigenvalue weighted by molar-refractivity contribution is -0.138. The summed E-state index contributed by atoms with van der Waals surface area (Å²) < 4.78 is 0. The maximum atomic E-state index is 10.7. The summed E-state index contributed by atoms with van der Waals surface area (Å²) in [6.07, 6.45) is 4.66. The third-order valence-electron chi connectivity index (χ3n) is 4.63. The Morgan fingerprint density at radius 2 is 1.90 bits per heavy atom. The van der Waals surface area contributed by atoms with Gasteiger partial charge in [-0.2, -0.15) is 0 Å². The average molecular weight is 307 g/mol. The highest BCUT2D eigenvalue weighted by Crippen LogP contribution is 2.25. The van der Waals surface area contributed by atoms with Gasteiger partial charge in [-0.05, 0) is 51.4 Å². The fourth-order valence-corrected chi connectivity index (χ4v) is 2.56. The first kappa shape index (κ1) is 19.7. The summed E-state index contributed by atoms with van der Waals surface area (Å²) in [6.45, 7) is 10.5. The van der Waals surface area contributed by atoms with Crippen LogP contribution in [-0.2, 0) is 4.79 Å². The number of piperidine rings is 1. The van der Waals surface area contributed by atoms with Crippen LogP contribution in [0.1, 0.15) is 46.5 Å². The van der Waals surface area contributed by atoms with Crippen LogP contribution in [0.25, 0.3) is 0 Å². The Balaban J connectivity index is 0.00000361. The van der Waals surface area contributed by atoms with Crippen LogP contribution in [0.2, 0.25) is 0 Å². The van der Waals surface area contributed by atoms with E-state index in [2.05, 4.69) is 25.7 Å². The van der Waals surface area contributed by atoms with E-state index in [0.29, 0.717) is 11.5 Å². The lowest BCUT2D eigenvalue weighted by Crippen LogP contribution is -2.45. The van der Waals surface area contributed by atoms with Crippen molar-refractivity contribution in [2.45, 2.75) is 52.5 Å². The summed E-state index contributed by atoms with van der Waals surface area (Å²) in [4.78, 5) is 15.2. The third-order valence-corrected chi connectivity index (χ3v) is 4.63. The molecule has 5 heteroatoms. The molecule has 20 heavy (non-hydrogen) atoms. The number of halogens is 1. The summed E-state index contributed by atoms with van der Waals surface area (Å²) in [5.74, 6) is -0.727. The molecule has 0 aliphatic carbocycles. The van der Waals surface area contributed by atoms with Gasteiger partial charge in [-0.3, -0.25) is 9.69 Å². The quantitative estimate of drug-likeness (QED) is 0.785. The number of likely N-dealkylation sites (tertiary alicyclic amines) is 1. The van der Waals surface area contributed by atoms with Gasteiger partial charge in [0.15, 0.2) is 0 Å². The maximum Gasteiger partial charge on any atom is 0.317 e. The van der Waals surface area contributed by atoms with Crippen LogP contribution in [0.5, 0.6) is 0 Å². The van der Waals surface area contributed by atoms with Gasteiger partial charge in [0.05, 0.1) is 6.54 Å². The van der Waals surface area contributed by atoms with Crippen LogP contribution >= 0.6 is 12.4 Å². The Labute approximate surface area is 129 Å². The monoisotopic (exact) mass is 306 g/mol. The Kier molecular flexibility index (Phi) is 8.71. The molecule has 0 unspecified atom stereocenters. The number of hydrogen-bond donors (Lipinski definition) is 1. The van der Waals surface area contributed by atoms with Gasteiger partial charge < -0.3 is 10.0 Å². The fraction of sp³-hybridized carbons (Fsp3) is 0.933. The fourth-order valence-electron chi connectivity index (χ4n) is 2.56. The van der Waals surface area contributed by atoms with Gasteiger partial charge in [-0.15, -0.1) is 12.4 Å². The van der Waals surface area contributed by atoms with E-state index in [4.69, 9.17) is 5.11 Å². The minimum Gasteiger partial charge on any atom is -0.480 e. The van der Waals surface area contributed by atoms with Crippen LogP contribution in [0.3, 0.4) is 0 Å². The zero-order chi connectivity index (χ0) is 14.5. The number of aliphatic carboxylic acids is 1. The third kappa shape index (κ3) is 6.91. The average Bonchev–Trinajstić information content (AvgIpc) is 2.36. The molecule has 0 bridgehead atoms. The van der Waals surface area contributed by atoms with Crippen molar-refractivity contribution >= 4 is 18.4 Å². The van der Waals surface area contributed by atoms with Crippen LogP contribution in [0.4, 0.5) is 0 Å². The standard InChI is InChI=1S/C15H30N2O2.ClH/c1-5-15(2,3)8-11-17-9-6-13(7-10-17)16(4)12-14(18)19;/h13H,5-12H2,1-4H3,(H,18,19);1H. The molecule has 1 aliphatic heterocycles. The minimum absolute atomic E-state index is 0. The predicted molar refractivity (Wildman–Crippen MR) is 85.7 cm³/mol. The molecule has 1 rings (SSSR count). The van der Waals surface area contributed by atoms with E-state index < -0.39 is 5.97 Å². The first-order chi connectivity index (χ1) is 8.84. The zero-order valence-electron chi connectivity index (χ0n) is 13.4. The van der Waals surface area contributed by atoms with Gasteiger partial charge in [-0.1, -0.05) is 27.2 Å². The number of carboxylic acids is 1. The lowest BCUT2D eigenvalue weighted by Gasteiger charge is -2.37. The highest BCUT2D eigenvalue weighted by atomic mass is 35.5. The molecule has 0 spiro atoms. The molecule has 0 aromatic heterocycles. The van der Waals surface area contributed by atoms with Gasteiger partial charge in [-0.25, -0.2) is 0 Å². The number of carboxylic acid groups (broad SMARTS) is 1. The van der Waals surface area contributed by atoms with Crippen LogP contribution in [0.15, 0.2) is 0 Å². The summed E-state index contributed by atoms with van der Waals surface area (Å²) >= 11 is 0. The van der Waals surface area contributed by atoms with Crippen molar-refractivity contribution < 1.29 is 9.90 Å². The second-order valence-corrected chi connectivity index (χ2v) is 6.65. The topological polar surface area (TPSA) is 43.8 Å².